The maximum absolute atomic E-state index is 12.8. The van der Waals surface area contributed by atoms with E-state index in [0.717, 1.165) is 11.1 Å². The highest BCUT2D eigenvalue weighted by Gasteiger charge is 2.24. The highest BCUT2D eigenvalue weighted by atomic mass is 16.5. The van der Waals surface area contributed by atoms with E-state index < -0.39 is 0 Å². The van der Waals surface area contributed by atoms with Gasteiger partial charge in [-0.05, 0) is 19.1 Å². The molecule has 1 aliphatic heterocycles. The van der Waals surface area contributed by atoms with Crippen LogP contribution < -0.4 is 9.47 Å². The highest BCUT2D eigenvalue weighted by molar-refractivity contribution is 5.97. The normalized spacial score (nSPS) is 14.6. The van der Waals surface area contributed by atoms with E-state index in [1.807, 2.05) is 31.2 Å². The van der Waals surface area contributed by atoms with Gasteiger partial charge in [0.1, 0.15) is 11.5 Å². The summed E-state index contributed by atoms with van der Waals surface area (Å²) >= 11 is 0. The van der Waals surface area contributed by atoms with E-state index in [2.05, 4.69) is 4.90 Å². The Balaban J connectivity index is 1.58. The molecule has 1 aliphatic rings. The molecule has 1 heterocycles. The number of hydrogen-bond acceptors (Lipinski definition) is 5. The van der Waals surface area contributed by atoms with Gasteiger partial charge in [0.15, 0.2) is 5.78 Å². The number of methoxy groups -OCH3 is 2. The van der Waals surface area contributed by atoms with Crippen LogP contribution in [0.5, 0.6) is 11.5 Å². The SMILES string of the molecule is COc1cc(OC)cc(C(=O)N2CCN(CC(=O)c3ccc(C)cc3)CC2)c1. The molecule has 0 N–H and O–H groups in total. The number of amides is 1. The number of piperazine rings is 1. The number of ether oxygens (including phenoxy) is 2. The van der Waals surface area contributed by atoms with Crippen molar-refractivity contribution in [2.75, 3.05) is 46.9 Å². The second-order valence-corrected chi connectivity index (χ2v) is 6.96. The second kappa shape index (κ2) is 8.89. The molecule has 0 radical (unpaired) electrons. The molecule has 0 bridgehead atoms. The molecular weight excluding hydrogens is 356 g/mol. The van der Waals surface area contributed by atoms with E-state index in [1.165, 1.54) is 0 Å². The van der Waals surface area contributed by atoms with Crippen molar-refractivity contribution >= 4 is 11.7 Å². The van der Waals surface area contributed by atoms with Crippen molar-refractivity contribution in [1.82, 2.24) is 9.80 Å². The predicted octanol–water partition coefficient (Wildman–Crippen LogP) is 2.65. The van der Waals surface area contributed by atoms with Crippen LogP contribution in [-0.4, -0.2) is 68.4 Å². The summed E-state index contributed by atoms with van der Waals surface area (Å²) in [5.74, 6) is 1.23. The lowest BCUT2D eigenvalue weighted by Crippen LogP contribution is -2.49. The average Bonchev–Trinajstić information content (AvgIpc) is 2.73. The fourth-order valence-corrected chi connectivity index (χ4v) is 3.26. The van der Waals surface area contributed by atoms with Crippen LogP contribution in [0.25, 0.3) is 0 Å². The minimum atomic E-state index is -0.0540. The van der Waals surface area contributed by atoms with Gasteiger partial charge >= 0.3 is 0 Å². The van der Waals surface area contributed by atoms with Gasteiger partial charge in [-0.2, -0.15) is 0 Å². The summed E-state index contributed by atoms with van der Waals surface area (Å²) in [6.07, 6.45) is 0. The highest BCUT2D eigenvalue weighted by Crippen LogP contribution is 2.23. The zero-order valence-electron chi connectivity index (χ0n) is 16.6. The molecule has 1 amide bonds. The first kappa shape index (κ1) is 19.9. The summed E-state index contributed by atoms with van der Waals surface area (Å²) in [6, 6.07) is 12.8. The third kappa shape index (κ3) is 4.70. The van der Waals surface area contributed by atoms with E-state index in [0.29, 0.717) is 49.8 Å². The minimum Gasteiger partial charge on any atom is -0.497 e. The van der Waals surface area contributed by atoms with Gasteiger partial charge in [0.2, 0.25) is 0 Å². The van der Waals surface area contributed by atoms with Crippen molar-refractivity contribution in [1.29, 1.82) is 0 Å². The van der Waals surface area contributed by atoms with Gasteiger partial charge in [-0.15, -0.1) is 0 Å². The van der Waals surface area contributed by atoms with Crippen molar-refractivity contribution in [2.24, 2.45) is 0 Å². The molecule has 6 nitrogen and oxygen atoms in total. The van der Waals surface area contributed by atoms with Crippen LogP contribution >= 0.6 is 0 Å². The Morgan fingerprint density at radius 3 is 1.96 bits per heavy atom. The van der Waals surface area contributed by atoms with E-state index in [1.54, 1.807) is 37.3 Å². The van der Waals surface area contributed by atoms with Crippen molar-refractivity contribution < 1.29 is 19.1 Å². The third-order valence-corrected chi connectivity index (χ3v) is 5.00. The summed E-state index contributed by atoms with van der Waals surface area (Å²) < 4.78 is 10.5. The minimum absolute atomic E-state index is 0.0540. The molecular formula is C22H26N2O4. The fourth-order valence-electron chi connectivity index (χ4n) is 3.26. The van der Waals surface area contributed by atoms with E-state index in [9.17, 15) is 9.59 Å². The van der Waals surface area contributed by atoms with Gasteiger partial charge in [-0.3, -0.25) is 14.5 Å². The molecule has 0 atom stereocenters. The van der Waals surface area contributed by atoms with E-state index >= 15 is 0 Å². The zero-order valence-corrected chi connectivity index (χ0v) is 16.6. The lowest BCUT2D eigenvalue weighted by atomic mass is 10.1. The van der Waals surface area contributed by atoms with Gasteiger partial charge < -0.3 is 14.4 Å². The Morgan fingerprint density at radius 1 is 0.857 bits per heavy atom. The standard InChI is InChI=1S/C22H26N2O4/c1-16-4-6-17(7-5-16)21(25)15-23-8-10-24(11-9-23)22(26)18-12-19(27-2)14-20(13-18)28-3/h4-7,12-14H,8-11,15H2,1-3H3. The lowest BCUT2D eigenvalue weighted by Gasteiger charge is -2.34. The molecule has 3 rings (SSSR count). The molecule has 0 aromatic heterocycles. The Hall–Kier alpha value is -2.86. The third-order valence-electron chi connectivity index (χ3n) is 5.00. The van der Waals surface area contributed by atoms with Crippen LogP contribution in [0.15, 0.2) is 42.5 Å². The number of Topliss-reactive ketones (excluding diaryl/α,β-unsaturated/α-hetero) is 1. The predicted molar refractivity (Wildman–Crippen MR) is 107 cm³/mol. The topological polar surface area (TPSA) is 59.1 Å². The Kier molecular flexibility index (Phi) is 6.31. The molecule has 0 spiro atoms. The molecule has 1 saturated heterocycles. The molecule has 0 aliphatic carbocycles. The summed E-state index contributed by atoms with van der Waals surface area (Å²) in [4.78, 5) is 29.2. The van der Waals surface area contributed by atoms with Crippen LogP contribution in [-0.2, 0) is 0 Å². The first-order valence-electron chi connectivity index (χ1n) is 9.34. The van der Waals surface area contributed by atoms with Gasteiger partial charge in [-0.1, -0.05) is 29.8 Å². The summed E-state index contributed by atoms with van der Waals surface area (Å²) in [7, 11) is 3.12. The van der Waals surface area contributed by atoms with Crippen LogP contribution in [0, 0.1) is 6.92 Å². The van der Waals surface area contributed by atoms with Gasteiger partial charge in [0, 0.05) is 43.4 Å². The second-order valence-electron chi connectivity index (χ2n) is 6.96. The Bertz CT molecular complexity index is 818. The van der Waals surface area contributed by atoms with Gasteiger partial charge in [0.25, 0.3) is 5.91 Å². The Morgan fingerprint density at radius 2 is 1.43 bits per heavy atom. The number of nitrogens with zero attached hydrogens (tertiary/aromatic N) is 2. The molecule has 6 heteroatoms. The number of benzene rings is 2. The Labute approximate surface area is 165 Å². The van der Waals surface area contributed by atoms with E-state index in [-0.39, 0.29) is 11.7 Å². The first-order valence-corrected chi connectivity index (χ1v) is 9.34. The van der Waals surface area contributed by atoms with Crippen molar-refractivity contribution in [3.63, 3.8) is 0 Å². The number of aryl methyl sites for hydroxylation is 1. The van der Waals surface area contributed by atoms with E-state index in [4.69, 9.17) is 9.47 Å². The number of hydrogen-bond donors (Lipinski definition) is 0. The number of carbonyl (C=O) groups excluding carboxylic acids is 2. The first-order chi connectivity index (χ1) is 13.5. The van der Waals surface area contributed by atoms with Crippen molar-refractivity contribution in [2.45, 2.75) is 6.92 Å². The van der Waals surface area contributed by atoms with Crippen molar-refractivity contribution in [3.05, 3.63) is 59.2 Å². The molecule has 28 heavy (non-hydrogen) atoms. The largest absolute Gasteiger partial charge is 0.497 e. The smallest absolute Gasteiger partial charge is 0.254 e. The maximum Gasteiger partial charge on any atom is 0.254 e. The summed E-state index contributed by atoms with van der Waals surface area (Å²) in [5, 5.41) is 0. The number of ketones is 1. The van der Waals surface area contributed by atoms with Gasteiger partial charge in [-0.25, -0.2) is 0 Å². The summed E-state index contributed by atoms with van der Waals surface area (Å²) in [6.45, 7) is 4.88. The number of carbonyl (C=O) groups is 2. The zero-order chi connectivity index (χ0) is 20.1. The molecule has 2 aromatic carbocycles. The average molecular weight is 382 g/mol. The van der Waals surface area contributed by atoms with Crippen LogP contribution in [0.1, 0.15) is 26.3 Å². The molecule has 148 valence electrons. The summed E-state index contributed by atoms with van der Waals surface area (Å²) in [5.41, 5.74) is 2.41. The molecule has 0 saturated carbocycles. The number of rotatable bonds is 6. The van der Waals surface area contributed by atoms with Crippen LogP contribution in [0.2, 0.25) is 0 Å². The van der Waals surface area contributed by atoms with Gasteiger partial charge in [0.05, 0.1) is 20.8 Å². The maximum atomic E-state index is 12.8. The lowest BCUT2D eigenvalue weighted by molar-refractivity contribution is 0.0623. The molecule has 1 fully saturated rings. The monoisotopic (exact) mass is 382 g/mol. The quantitative estimate of drug-likeness (QED) is 0.719. The molecule has 0 unspecified atom stereocenters. The van der Waals surface area contributed by atoms with Crippen LogP contribution in [0.3, 0.4) is 0 Å². The van der Waals surface area contributed by atoms with Crippen molar-refractivity contribution in [3.8, 4) is 11.5 Å². The molecule has 2 aromatic rings. The fraction of sp³-hybridized carbons (Fsp3) is 0.364. The van der Waals surface area contributed by atoms with Crippen LogP contribution in [0.4, 0.5) is 0 Å².